The fourth-order valence-electron chi connectivity index (χ4n) is 3.59. The zero-order valence-electron chi connectivity index (χ0n) is 15.9. The number of fused-ring (bicyclic) bond motifs is 1. The maximum Gasteiger partial charge on any atom is 0.471 e. The molecule has 3 N–H and O–H groups in total. The van der Waals surface area contributed by atoms with Crippen molar-refractivity contribution in [1.82, 2.24) is 9.78 Å². The molecule has 2 heterocycles. The number of aromatic nitrogens is 2. The molecule has 1 aromatic heterocycles. The number of rotatable bonds is 3. The van der Waals surface area contributed by atoms with Gasteiger partial charge < -0.3 is 15.7 Å². The van der Waals surface area contributed by atoms with Crippen molar-refractivity contribution in [2.45, 2.75) is 18.6 Å². The van der Waals surface area contributed by atoms with Crippen molar-refractivity contribution in [3.8, 4) is 23.1 Å². The molecule has 0 radical (unpaired) electrons. The molecule has 0 aliphatic carbocycles. The van der Waals surface area contributed by atoms with E-state index in [1.165, 1.54) is 24.3 Å². The Labute approximate surface area is 174 Å². The molecule has 0 saturated carbocycles. The standard InChI is InChI=1S/C21H16F3N5O2/c22-21(23,24)20(31)27-16-4-2-1-3-14(16)17-9-10-26-19-15(11-25)18(28-29(17)19)12-5-7-13(30)8-6-12/h1-8,17,26,30H,9-10H2,(H,27,31). The van der Waals surface area contributed by atoms with E-state index in [4.69, 9.17) is 0 Å². The molecule has 0 saturated heterocycles. The lowest BCUT2D eigenvalue weighted by Gasteiger charge is -2.27. The molecule has 4 rings (SSSR count). The second kappa shape index (κ2) is 7.68. The lowest BCUT2D eigenvalue weighted by molar-refractivity contribution is -0.167. The molecule has 0 bridgehead atoms. The van der Waals surface area contributed by atoms with Crippen LogP contribution in [-0.4, -0.2) is 33.5 Å². The molecule has 7 nitrogen and oxygen atoms in total. The van der Waals surface area contributed by atoms with Crippen LogP contribution >= 0.6 is 0 Å². The predicted molar refractivity (Wildman–Crippen MR) is 106 cm³/mol. The number of nitrogens with one attached hydrogen (secondary N) is 2. The SMILES string of the molecule is N#Cc1c(-c2ccc(O)cc2)nn2c1NCCC2c1ccccc1NC(=O)C(F)(F)F. The van der Waals surface area contributed by atoms with Crippen molar-refractivity contribution >= 4 is 17.4 Å². The van der Waals surface area contributed by atoms with E-state index in [2.05, 4.69) is 16.5 Å². The lowest BCUT2D eigenvalue weighted by Crippen LogP contribution is -2.31. The number of benzene rings is 2. The van der Waals surface area contributed by atoms with Gasteiger partial charge in [0.1, 0.15) is 28.9 Å². The zero-order chi connectivity index (χ0) is 22.2. The largest absolute Gasteiger partial charge is 0.508 e. The fraction of sp³-hybridized carbons (Fsp3) is 0.190. The second-order valence-corrected chi connectivity index (χ2v) is 6.95. The van der Waals surface area contributed by atoms with Crippen LogP contribution in [0.1, 0.15) is 23.6 Å². The summed E-state index contributed by atoms with van der Waals surface area (Å²) in [6, 6.07) is 14.0. The third-order valence-corrected chi connectivity index (χ3v) is 4.99. The zero-order valence-corrected chi connectivity index (χ0v) is 15.9. The van der Waals surface area contributed by atoms with Gasteiger partial charge in [0.15, 0.2) is 0 Å². The average Bonchev–Trinajstić information content (AvgIpc) is 3.13. The summed E-state index contributed by atoms with van der Waals surface area (Å²) in [5.41, 5.74) is 1.76. The molecular weight excluding hydrogens is 411 g/mol. The van der Waals surface area contributed by atoms with E-state index in [0.29, 0.717) is 35.6 Å². The van der Waals surface area contributed by atoms with Crippen LogP contribution in [0.15, 0.2) is 48.5 Å². The summed E-state index contributed by atoms with van der Waals surface area (Å²) in [5.74, 6) is -1.55. The summed E-state index contributed by atoms with van der Waals surface area (Å²) in [6.45, 7) is 0.460. The number of hydrogen-bond acceptors (Lipinski definition) is 5. The number of carbonyl (C=O) groups excluding carboxylic acids is 1. The number of para-hydroxylation sites is 1. The van der Waals surface area contributed by atoms with Gasteiger partial charge in [0.25, 0.3) is 0 Å². The number of hydrogen-bond donors (Lipinski definition) is 3. The summed E-state index contributed by atoms with van der Waals surface area (Å²) in [4.78, 5) is 11.5. The molecule has 158 valence electrons. The Kier molecular flexibility index (Phi) is 5.02. The van der Waals surface area contributed by atoms with E-state index in [-0.39, 0.29) is 17.0 Å². The number of alkyl halides is 3. The van der Waals surface area contributed by atoms with Gasteiger partial charge in [-0.25, -0.2) is 4.68 Å². The molecule has 0 spiro atoms. The van der Waals surface area contributed by atoms with Gasteiger partial charge in [0.05, 0.1) is 6.04 Å². The highest BCUT2D eigenvalue weighted by atomic mass is 19.4. The predicted octanol–water partition coefficient (Wildman–Crippen LogP) is 4.03. The van der Waals surface area contributed by atoms with E-state index < -0.39 is 18.1 Å². The van der Waals surface area contributed by atoms with Crippen LogP contribution in [0.2, 0.25) is 0 Å². The Morgan fingerprint density at radius 1 is 1.23 bits per heavy atom. The van der Waals surface area contributed by atoms with E-state index >= 15 is 0 Å². The van der Waals surface area contributed by atoms with E-state index in [1.54, 1.807) is 28.9 Å². The summed E-state index contributed by atoms with van der Waals surface area (Å²) in [5, 5.41) is 28.9. The van der Waals surface area contributed by atoms with Crippen molar-refractivity contribution in [3.63, 3.8) is 0 Å². The Morgan fingerprint density at radius 2 is 1.94 bits per heavy atom. The molecule has 1 aliphatic heterocycles. The Balaban J connectivity index is 1.79. The Morgan fingerprint density at radius 3 is 2.61 bits per heavy atom. The molecule has 0 fully saturated rings. The van der Waals surface area contributed by atoms with Gasteiger partial charge in [0, 0.05) is 23.4 Å². The van der Waals surface area contributed by atoms with E-state index in [1.807, 2.05) is 5.32 Å². The Hall–Kier alpha value is -4.00. The number of nitrogens with zero attached hydrogens (tertiary/aromatic N) is 3. The highest BCUT2D eigenvalue weighted by Gasteiger charge is 2.39. The molecule has 3 aromatic rings. The number of carbonyl (C=O) groups is 1. The molecular formula is C21H16F3N5O2. The van der Waals surface area contributed by atoms with Crippen molar-refractivity contribution in [3.05, 3.63) is 59.7 Å². The van der Waals surface area contributed by atoms with Gasteiger partial charge >= 0.3 is 12.1 Å². The first-order valence-electron chi connectivity index (χ1n) is 9.32. The molecule has 1 amide bonds. The number of aromatic hydroxyl groups is 1. The van der Waals surface area contributed by atoms with Crippen LogP contribution in [-0.2, 0) is 4.79 Å². The molecule has 1 aliphatic rings. The summed E-state index contributed by atoms with van der Waals surface area (Å²) >= 11 is 0. The number of anilines is 2. The van der Waals surface area contributed by atoms with Gasteiger partial charge in [0.2, 0.25) is 0 Å². The van der Waals surface area contributed by atoms with Gasteiger partial charge in [-0.3, -0.25) is 4.79 Å². The number of phenols is 1. The number of halogens is 3. The van der Waals surface area contributed by atoms with E-state index in [9.17, 15) is 28.3 Å². The second-order valence-electron chi connectivity index (χ2n) is 6.95. The van der Waals surface area contributed by atoms with Crippen LogP contribution in [0.5, 0.6) is 5.75 Å². The first-order chi connectivity index (χ1) is 14.8. The summed E-state index contributed by atoms with van der Waals surface area (Å²) in [6.07, 6.45) is -4.54. The summed E-state index contributed by atoms with van der Waals surface area (Å²) in [7, 11) is 0. The van der Waals surface area contributed by atoms with Crippen LogP contribution in [0, 0.1) is 11.3 Å². The van der Waals surface area contributed by atoms with Crippen molar-refractivity contribution < 1.29 is 23.1 Å². The van der Waals surface area contributed by atoms with Crippen LogP contribution in [0.3, 0.4) is 0 Å². The minimum atomic E-state index is -5.02. The van der Waals surface area contributed by atoms with Crippen molar-refractivity contribution in [2.24, 2.45) is 0 Å². The third-order valence-electron chi connectivity index (χ3n) is 4.99. The number of nitriles is 1. The number of amides is 1. The molecule has 1 unspecified atom stereocenters. The van der Waals surface area contributed by atoms with Gasteiger partial charge in [-0.1, -0.05) is 18.2 Å². The minimum absolute atomic E-state index is 0.0304. The molecule has 1 atom stereocenters. The van der Waals surface area contributed by atoms with Crippen LogP contribution in [0.25, 0.3) is 11.3 Å². The van der Waals surface area contributed by atoms with Gasteiger partial charge in [-0.05, 0) is 36.8 Å². The number of phenolic OH excluding ortho intramolecular Hbond substituents is 1. The van der Waals surface area contributed by atoms with Gasteiger partial charge in [-0.2, -0.15) is 23.5 Å². The van der Waals surface area contributed by atoms with Crippen molar-refractivity contribution in [1.29, 1.82) is 5.26 Å². The first-order valence-corrected chi connectivity index (χ1v) is 9.32. The topological polar surface area (TPSA) is 103 Å². The van der Waals surface area contributed by atoms with Crippen molar-refractivity contribution in [2.75, 3.05) is 17.2 Å². The third kappa shape index (κ3) is 3.77. The quantitative estimate of drug-likeness (QED) is 0.586. The van der Waals surface area contributed by atoms with Crippen LogP contribution < -0.4 is 10.6 Å². The molecule has 31 heavy (non-hydrogen) atoms. The average molecular weight is 427 g/mol. The maximum absolute atomic E-state index is 12.8. The highest BCUT2D eigenvalue weighted by Crippen LogP contribution is 2.39. The lowest BCUT2D eigenvalue weighted by atomic mass is 10.00. The molecule has 2 aromatic carbocycles. The summed E-state index contributed by atoms with van der Waals surface area (Å²) < 4.78 is 39.9. The van der Waals surface area contributed by atoms with Gasteiger partial charge in [-0.15, -0.1) is 0 Å². The van der Waals surface area contributed by atoms with E-state index in [0.717, 1.165) is 0 Å². The maximum atomic E-state index is 12.8. The monoisotopic (exact) mass is 427 g/mol. The Bertz CT molecular complexity index is 1180. The first kappa shape index (κ1) is 20.3. The van der Waals surface area contributed by atoms with Crippen LogP contribution in [0.4, 0.5) is 24.7 Å². The fourth-order valence-corrected chi connectivity index (χ4v) is 3.59. The minimum Gasteiger partial charge on any atom is -0.508 e. The molecule has 10 heteroatoms. The normalized spacial score (nSPS) is 15.5. The smallest absolute Gasteiger partial charge is 0.471 e. The highest BCUT2D eigenvalue weighted by molar-refractivity contribution is 5.95.